The van der Waals surface area contributed by atoms with Gasteiger partial charge in [-0.25, -0.2) is 4.99 Å². The second-order valence-corrected chi connectivity index (χ2v) is 5.11. The van der Waals surface area contributed by atoms with Crippen molar-refractivity contribution in [3.63, 3.8) is 0 Å². The van der Waals surface area contributed by atoms with E-state index in [1.807, 2.05) is 11.8 Å². The molecule has 2 rings (SSSR count). The number of amides is 1. The van der Waals surface area contributed by atoms with Crippen LogP contribution in [-0.2, 0) is 4.79 Å². The molecule has 0 atom stereocenters. The molecule has 0 aromatic rings. The maximum absolute atomic E-state index is 11.9. The average Bonchev–Trinajstić information content (AvgIpc) is 3.04. The molecule has 0 radical (unpaired) electrons. The van der Waals surface area contributed by atoms with Crippen molar-refractivity contribution in [3.05, 3.63) is 0 Å². The minimum atomic E-state index is 0.149. The third-order valence-corrected chi connectivity index (χ3v) is 3.43. The van der Waals surface area contributed by atoms with E-state index in [1.54, 1.807) is 0 Å². The second kappa shape index (κ2) is 6.61. The fourth-order valence-electron chi connectivity index (χ4n) is 2.12. The van der Waals surface area contributed by atoms with Crippen molar-refractivity contribution >= 4 is 11.9 Å². The van der Waals surface area contributed by atoms with Gasteiger partial charge in [0.2, 0.25) is 5.91 Å². The van der Waals surface area contributed by atoms with Crippen molar-refractivity contribution in [2.24, 2.45) is 10.9 Å². The van der Waals surface area contributed by atoms with E-state index in [4.69, 9.17) is 0 Å². The van der Waals surface area contributed by atoms with E-state index in [1.165, 1.54) is 12.8 Å². The van der Waals surface area contributed by atoms with Gasteiger partial charge in [0.25, 0.3) is 0 Å². The molecule has 1 aliphatic carbocycles. The highest BCUT2D eigenvalue weighted by Crippen LogP contribution is 2.27. The average molecular weight is 252 g/mol. The van der Waals surface area contributed by atoms with Gasteiger partial charge in [0.1, 0.15) is 6.54 Å². The number of guanidine groups is 1. The number of hydrogen-bond acceptors (Lipinski definition) is 2. The van der Waals surface area contributed by atoms with Gasteiger partial charge in [-0.3, -0.25) is 4.79 Å². The summed E-state index contributed by atoms with van der Waals surface area (Å²) in [6.07, 6.45) is 4.91. The van der Waals surface area contributed by atoms with Crippen LogP contribution in [0.3, 0.4) is 0 Å². The minimum absolute atomic E-state index is 0.149. The van der Waals surface area contributed by atoms with Crippen molar-refractivity contribution in [3.8, 4) is 0 Å². The quantitative estimate of drug-likeness (QED) is 0.556. The molecule has 1 saturated heterocycles. The molecule has 1 amide bonds. The van der Waals surface area contributed by atoms with Gasteiger partial charge >= 0.3 is 0 Å². The first-order valence-electron chi connectivity index (χ1n) is 7.09. The van der Waals surface area contributed by atoms with Crippen LogP contribution < -0.4 is 10.6 Å². The van der Waals surface area contributed by atoms with Crippen LogP contribution in [0.5, 0.6) is 0 Å². The van der Waals surface area contributed by atoms with Crippen LogP contribution in [-0.4, -0.2) is 49.5 Å². The normalized spacial score (nSPS) is 20.1. The van der Waals surface area contributed by atoms with Crippen LogP contribution >= 0.6 is 0 Å². The Morgan fingerprint density at radius 3 is 2.61 bits per heavy atom. The Morgan fingerprint density at radius 2 is 2.00 bits per heavy atom. The van der Waals surface area contributed by atoms with Crippen LogP contribution in [0.25, 0.3) is 0 Å². The summed E-state index contributed by atoms with van der Waals surface area (Å²) < 4.78 is 0. The topological polar surface area (TPSA) is 56.7 Å². The number of nitrogens with one attached hydrogen (secondary N) is 2. The van der Waals surface area contributed by atoms with E-state index in [0.29, 0.717) is 0 Å². The molecular formula is C13H24N4O. The maximum Gasteiger partial charge on any atom is 0.244 e. The first kappa shape index (κ1) is 13.2. The van der Waals surface area contributed by atoms with Gasteiger partial charge in [-0.2, -0.15) is 0 Å². The number of carbonyl (C=O) groups excluding carboxylic acids is 1. The number of likely N-dealkylation sites (tertiary alicyclic amines) is 1. The lowest BCUT2D eigenvalue weighted by Crippen LogP contribution is -2.39. The van der Waals surface area contributed by atoms with Crippen LogP contribution in [0, 0.1) is 5.92 Å². The molecule has 102 valence electrons. The Labute approximate surface area is 109 Å². The van der Waals surface area contributed by atoms with E-state index in [0.717, 1.165) is 50.9 Å². The Morgan fingerprint density at radius 1 is 1.28 bits per heavy atom. The molecule has 5 heteroatoms. The number of nitrogens with zero attached hydrogens (tertiary/aromatic N) is 2. The molecular weight excluding hydrogens is 228 g/mol. The molecule has 0 aromatic carbocycles. The molecule has 0 aromatic heterocycles. The largest absolute Gasteiger partial charge is 0.357 e. The van der Waals surface area contributed by atoms with Crippen molar-refractivity contribution in [1.29, 1.82) is 0 Å². The van der Waals surface area contributed by atoms with Gasteiger partial charge < -0.3 is 15.5 Å². The zero-order valence-corrected chi connectivity index (χ0v) is 11.2. The van der Waals surface area contributed by atoms with E-state index in [-0.39, 0.29) is 12.5 Å². The molecule has 5 nitrogen and oxygen atoms in total. The van der Waals surface area contributed by atoms with Gasteiger partial charge in [0.15, 0.2) is 5.96 Å². The lowest BCUT2D eigenvalue weighted by atomic mass is 10.4. The van der Waals surface area contributed by atoms with E-state index in [9.17, 15) is 4.79 Å². The SMILES string of the molecule is CCNC(=NCC(=O)N1CCCC1)NCC1CC1. The molecule has 2 N–H and O–H groups in total. The standard InChI is InChI=1S/C13H24N4O/c1-2-14-13(15-9-11-5-6-11)16-10-12(18)17-7-3-4-8-17/h11H,2-10H2,1H3,(H2,14,15,16). The van der Waals surface area contributed by atoms with Gasteiger partial charge in [0, 0.05) is 26.2 Å². The molecule has 18 heavy (non-hydrogen) atoms. The van der Waals surface area contributed by atoms with Gasteiger partial charge in [-0.1, -0.05) is 0 Å². The summed E-state index contributed by atoms with van der Waals surface area (Å²) >= 11 is 0. The fourth-order valence-corrected chi connectivity index (χ4v) is 2.12. The zero-order valence-electron chi connectivity index (χ0n) is 11.2. The summed E-state index contributed by atoms with van der Waals surface area (Å²) in [5.74, 6) is 1.73. The number of rotatable bonds is 5. The van der Waals surface area contributed by atoms with Gasteiger partial charge in [-0.15, -0.1) is 0 Å². The van der Waals surface area contributed by atoms with E-state index < -0.39 is 0 Å². The molecule has 1 saturated carbocycles. The summed E-state index contributed by atoms with van der Waals surface area (Å²) in [7, 11) is 0. The Kier molecular flexibility index (Phi) is 4.84. The highest BCUT2D eigenvalue weighted by atomic mass is 16.2. The smallest absolute Gasteiger partial charge is 0.244 e. The molecule has 1 heterocycles. The lowest BCUT2D eigenvalue weighted by molar-refractivity contribution is -0.128. The third-order valence-electron chi connectivity index (χ3n) is 3.43. The predicted molar refractivity (Wildman–Crippen MR) is 72.5 cm³/mol. The monoisotopic (exact) mass is 252 g/mol. The van der Waals surface area contributed by atoms with Gasteiger partial charge in [-0.05, 0) is 38.5 Å². The highest BCUT2D eigenvalue weighted by molar-refractivity contribution is 5.85. The first-order chi connectivity index (χ1) is 8.79. The van der Waals surface area contributed by atoms with Crippen LogP contribution in [0.15, 0.2) is 4.99 Å². The first-order valence-corrected chi connectivity index (χ1v) is 7.09. The Hall–Kier alpha value is -1.26. The lowest BCUT2D eigenvalue weighted by Gasteiger charge is -2.15. The van der Waals surface area contributed by atoms with Crippen LogP contribution in [0.1, 0.15) is 32.6 Å². The van der Waals surface area contributed by atoms with Crippen molar-refractivity contribution in [1.82, 2.24) is 15.5 Å². The van der Waals surface area contributed by atoms with E-state index in [2.05, 4.69) is 15.6 Å². The predicted octanol–water partition coefficient (Wildman–Crippen LogP) is 0.574. The Bertz CT molecular complexity index is 306. The zero-order chi connectivity index (χ0) is 12.8. The van der Waals surface area contributed by atoms with Crippen LogP contribution in [0.4, 0.5) is 0 Å². The number of hydrogen-bond donors (Lipinski definition) is 2. The van der Waals surface area contributed by atoms with Crippen molar-refractivity contribution in [2.75, 3.05) is 32.7 Å². The summed E-state index contributed by atoms with van der Waals surface area (Å²) in [4.78, 5) is 18.1. The summed E-state index contributed by atoms with van der Waals surface area (Å²) in [5, 5.41) is 6.48. The van der Waals surface area contributed by atoms with Crippen molar-refractivity contribution < 1.29 is 4.79 Å². The molecule has 1 aliphatic heterocycles. The van der Waals surface area contributed by atoms with Gasteiger partial charge in [0.05, 0.1) is 0 Å². The third kappa shape index (κ3) is 4.20. The number of carbonyl (C=O) groups is 1. The molecule has 0 spiro atoms. The molecule has 0 unspecified atom stereocenters. The number of aliphatic imine (C=N–C) groups is 1. The van der Waals surface area contributed by atoms with Crippen LogP contribution in [0.2, 0.25) is 0 Å². The maximum atomic E-state index is 11.9. The fraction of sp³-hybridized carbons (Fsp3) is 0.846. The van der Waals surface area contributed by atoms with E-state index >= 15 is 0 Å². The molecule has 2 fully saturated rings. The summed E-state index contributed by atoms with van der Waals surface area (Å²) in [5.41, 5.74) is 0. The second-order valence-electron chi connectivity index (χ2n) is 5.11. The minimum Gasteiger partial charge on any atom is -0.357 e. The molecule has 0 bridgehead atoms. The molecule has 2 aliphatic rings. The van der Waals surface area contributed by atoms with Crippen molar-refractivity contribution in [2.45, 2.75) is 32.6 Å². The summed E-state index contributed by atoms with van der Waals surface area (Å²) in [6, 6.07) is 0. The highest BCUT2D eigenvalue weighted by Gasteiger charge is 2.21. The summed E-state index contributed by atoms with van der Waals surface area (Å²) in [6.45, 7) is 5.91. The Balaban J connectivity index is 1.75.